The van der Waals surface area contributed by atoms with Crippen LogP contribution in [0.2, 0.25) is 0 Å². The summed E-state index contributed by atoms with van der Waals surface area (Å²) in [6.07, 6.45) is 6.92. The first-order chi connectivity index (χ1) is 14.4. The maximum Gasteiger partial charge on any atom is 0.347 e. The molecule has 4 aliphatic rings. The Morgan fingerprint density at radius 2 is 1.67 bits per heavy atom. The summed E-state index contributed by atoms with van der Waals surface area (Å²) in [6.45, 7) is 3.40. The number of nitriles is 1. The summed E-state index contributed by atoms with van der Waals surface area (Å²) < 4.78 is 10.7. The van der Waals surface area contributed by atoms with Crippen molar-refractivity contribution in [3.63, 3.8) is 0 Å². The summed E-state index contributed by atoms with van der Waals surface area (Å²) in [5.74, 6) is 2.11. The summed E-state index contributed by atoms with van der Waals surface area (Å²) >= 11 is 0. The lowest BCUT2D eigenvalue weighted by Crippen LogP contribution is -2.56. The first kappa shape index (κ1) is 20.7. The van der Waals surface area contributed by atoms with Gasteiger partial charge in [0.2, 0.25) is 0 Å². The zero-order valence-electron chi connectivity index (χ0n) is 17.7. The Bertz CT molecular complexity index is 806. The Labute approximate surface area is 177 Å². The Hall–Kier alpha value is -2.55. The second-order valence-corrected chi connectivity index (χ2v) is 9.57. The largest absolute Gasteiger partial charge is 0.479 e. The Morgan fingerprint density at radius 1 is 1.10 bits per heavy atom. The number of carbonyl (C=O) groups is 2. The number of nitrogens with one attached hydrogen (secondary N) is 1. The summed E-state index contributed by atoms with van der Waals surface area (Å²) in [7, 11) is 0. The number of carbonyl (C=O) groups excluding carboxylic acids is 2. The molecule has 6 heteroatoms. The molecule has 0 spiro atoms. The van der Waals surface area contributed by atoms with Gasteiger partial charge in [0.05, 0.1) is 11.6 Å². The molecule has 4 saturated carbocycles. The third kappa shape index (κ3) is 4.30. The molecule has 0 unspecified atom stereocenters. The second kappa shape index (κ2) is 8.29. The highest BCUT2D eigenvalue weighted by molar-refractivity contribution is 5.82. The van der Waals surface area contributed by atoms with Crippen molar-refractivity contribution >= 4 is 11.9 Å². The molecule has 0 aromatic heterocycles. The van der Waals surface area contributed by atoms with Crippen LogP contribution in [0.25, 0.3) is 0 Å². The molecule has 1 aromatic rings. The van der Waals surface area contributed by atoms with Crippen LogP contribution in [0.5, 0.6) is 5.75 Å². The van der Waals surface area contributed by atoms with Gasteiger partial charge >= 0.3 is 5.97 Å². The summed E-state index contributed by atoms with van der Waals surface area (Å²) in [5.41, 5.74) is 0.739. The van der Waals surface area contributed by atoms with Crippen molar-refractivity contribution < 1.29 is 19.1 Å². The quantitative estimate of drug-likeness (QED) is 0.694. The van der Waals surface area contributed by atoms with Gasteiger partial charge in [0.15, 0.2) is 12.7 Å². The van der Waals surface area contributed by atoms with Gasteiger partial charge in [0, 0.05) is 6.04 Å². The van der Waals surface area contributed by atoms with Crippen LogP contribution >= 0.6 is 0 Å². The van der Waals surface area contributed by atoms with Gasteiger partial charge in [-0.05, 0) is 99.8 Å². The predicted octanol–water partition coefficient (Wildman–Crippen LogP) is 3.59. The average molecular weight is 411 g/mol. The van der Waals surface area contributed by atoms with E-state index in [0.29, 0.717) is 11.3 Å². The molecule has 160 valence electrons. The maximum absolute atomic E-state index is 12.4. The van der Waals surface area contributed by atoms with E-state index < -0.39 is 12.1 Å². The monoisotopic (exact) mass is 410 g/mol. The molecule has 1 N–H and O–H groups in total. The highest BCUT2D eigenvalue weighted by Gasteiger charge is 2.53. The minimum atomic E-state index is -0.841. The molecule has 0 radical (unpaired) electrons. The number of ether oxygens (including phenoxy) is 2. The molecule has 1 aromatic carbocycles. The normalized spacial score (nSPS) is 30.8. The van der Waals surface area contributed by atoms with Crippen LogP contribution < -0.4 is 10.1 Å². The fraction of sp³-hybridized carbons (Fsp3) is 0.625. The van der Waals surface area contributed by atoms with E-state index in [4.69, 9.17) is 14.7 Å². The highest BCUT2D eigenvalue weighted by Crippen LogP contribution is 2.61. The van der Waals surface area contributed by atoms with E-state index in [1.807, 2.05) is 6.07 Å². The Morgan fingerprint density at radius 3 is 2.20 bits per heavy atom. The molecular formula is C24H30N2O4. The molecule has 0 saturated heterocycles. The minimum Gasteiger partial charge on any atom is -0.479 e. The van der Waals surface area contributed by atoms with Gasteiger partial charge in [-0.1, -0.05) is 0 Å². The number of amides is 1. The Balaban J connectivity index is 1.24. The zero-order valence-corrected chi connectivity index (χ0v) is 17.7. The lowest BCUT2D eigenvalue weighted by Gasteiger charge is -2.59. The van der Waals surface area contributed by atoms with Crippen LogP contribution in [-0.4, -0.2) is 30.6 Å². The molecule has 5 rings (SSSR count). The Kier molecular flexibility index (Phi) is 5.73. The van der Waals surface area contributed by atoms with Crippen molar-refractivity contribution in [2.45, 2.75) is 64.5 Å². The van der Waals surface area contributed by atoms with Crippen LogP contribution in [-0.2, 0) is 14.3 Å². The van der Waals surface area contributed by atoms with Crippen molar-refractivity contribution in [1.29, 1.82) is 5.26 Å². The van der Waals surface area contributed by atoms with E-state index in [9.17, 15) is 9.59 Å². The van der Waals surface area contributed by atoms with E-state index in [0.717, 1.165) is 17.8 Å². The molecule has 1 amide bonds. The summed E-state index contributed by atoms with van der Waals surface area (Å²) in [6, 6.07) is 8.62. The van der Waals surface area contributed by atoms with Crippen LogP contribution in [0.3, 0.4) is 0 Å². The van der Waals surface area contributed by atoms with E-state index in [1.165, 1.54) is 38.5 Å². The fourth-order valence-corrected chi connectivity index (χ4v) is 6.26. The van der Waals surface area contributed by atoms with Crippen molar-refractivity contribution in [2.75, 3.05) is 6.61 Å². The zero-order chi connectivity index (χ0) is 21.3. The number of rotatable bonds is 7. The number of hydrogen-bond donors (Lipinski definition) is 1. The molecule has 30 heavy (non-hydrogen) atoms. The first-order valence-electron chi connectivity index (χ1n) is 11.0. The topological polar surface area (TPSA) is 88.4 Å². The number of benzene rings is 1. The number of nitrogens with zero attached hydrogens (tertiary/aromatic N) is 1. The molecule has 2 atom stereocenters. The minimum absolute atomic E-state index is 0.101. The van der Waals surface area contributed by atoms with Gasteiger partial charge in [0.1, 0.15) is 5.75 Å². The van der Waals surface area contributed by atoms with Gasteiger partial charge in [-0.15, -0.1) is 0 Å². The van der Waals surface area contributed by atoms with E-state index >= 15 is 0 Å². The van der Waals surface area contributed by atoms with Crippen LogP contribution in [0.4, 0.5) is 0 Å². The van der Waals surface area contributed by atoms with Gasteiger partial charge in [0.25, 0.3) is 5.91 Å². The maximum atomic E-state index is 12.4. The second-order valence-electron chi connectivity index (χ2n) is 9.57. The number of esters is 1. The van der Waals surface area contributed by atoms with Crippen molar-refractivity contribution in [1.82, 2.24) is 5.32 Å². The molecule has 4 fully saturated rings. The van der Waals surface area contributed by atoms with Crippen LogP contribution in [0, 0.1) is 34.5 Å². The lowest BCUT2D eigenvalue weighted by atomic mass is 9.48. The lowest BCUT2D eigenvalue weighted by molar-refractivity contribution is -0.155. The van der Waals surface area contributed by atoms with Crippen molar-refractivity contribution in [2.24, 2.45) is 23.2 Å². The van der Waals surface area contributed by atoms with E-state index in [2.05, 4.69) is 12.2 Å². The summed E-state index contributed by atoms with van der Waals surface area (Å²) in [5, 5.41) is 11.9. The van der Waals surface area contributed by atoms with Crippen LogP contribution in [0.1, 0.15) is 57.9 Å². The molecular weight excluding hydrogens is 380 g/mol. The average Bonchev–Trinajstić information content (AvgIpc) is 2.71. The third-order valence-corrected chi connectivity index (χ3v) is 7.36. The number of hydrogen-bond acceptors (Lipinski definition) is 5. The highest BCUT2D eigenvalue weighted by atomic mass is 16.6. The predicted molar refractivity (Wildman–Crippen MR) is 110 cm³/mol. The first-order valence-corrected chi connectivity index (χ1v) is 11.0. The van der Waals surface area contributed by atoms with E-state index in [-0.39, 0.29) is 24.0 Å². The van der Waals surface area contributed by atoms with Gasteiger partial charge in [-0.2, -0.15) is 5.26 Å². The molecule has 0 aliphatic heterocycles. The molecule has 4 bridgehead atoms. The van der Waals surface area contributed by atoms with Gasteiger partial charge in [-0.3, -0.25) is 4.79 Å². The van der Waals surface area contributed by atoms with E-state index in [1.54, 1.807) is 31.2 Å². The van der Waals surface area contributed by atoms with Crippen LogP contribution in [0.15, 0.2) is 24.3 Å². The fourth-order valence-electron chi connectivity index (χ4n) is 6.26. The van der Waals surface area contributed by atoms with Crippen molar-refractivity contribution in [3.05, 3.63) is 29.8 Å². The van der Waals surface area contributed by atoms with Gasteiger partial charge < -0.3 is 14.8 Å². The molecule has 0 heterocycles. The SMILES string of the molecule is C[C@H](NC(=O)COC(=O)[C@@H](C)Oc1ccc(C#N)cc1)C12CC3CC(CC(C3)C1)C2. The standard InChI is InChI=1S/C24H30N2O4/c1-15(30-21-5-3-17(13-25)4-6-21)23(28)29-14-22(27)26-16(2)24-10-18-7-19(11-24)9-20(8-18)12-24/h3-6,15-16,18-20H,7-12,14H2,1-2H3,(H,26,27)/t15-,16+,18?,19?,20?,24?/m1/s1. The smallest absolute Gasteiger partial charge is 0.347 e. The van der Waals surface area contributed by atoms with Crippen molar-refractivity contribution in [3.8, 4) is 11.8 Å². The molecule has 4 aliphatic carbocycles. The third-order valence-electron chi connectivity index (χ3n) is 7.36. The summed E-state index contributed by atoms with van der Waals surface area (Å²) in [4.78, 5) is 24.6. The molecule has 6 nitrogen and oxygen atoms in total. The van der Waals surface area contributed by atoms with Gasteiger partial charge in [-0.25, -0.2) is 4.79 Å².